The van der Waals surface area contributed by atoms with E-state index >= 15 is 0 Å². The van der Waals surface area contributed by atoms with Crippen molar-refractivity contribution in [2.75, 3.05) is 0 Å². The third-order valence-electron chi connectivity index (χ3n) is 8.67. The van der Waals surface area contributed by atoms with Gasteiger partial charge in [-0.3, -0.25) is 4.40 Å². The summed E-state index contributed by atoms with van der Waals surface area (Å²) in [6.07, 6.45) is 0. The summed E-state index contributed by atoms with van der Waals surface area (Å²) in [6.45, 7) is 0. The first kappa shape index (κ1) is 28.4. The highest BCUT2D eigenvalue weighted by Crippen LogP contribution is 2.37. The summed E-state index contributed by atoms with van der Waals surface area (Å²) in [4.78, 5) is 25.1. The zero-order chi connectivity index (χ0) is 32.6. The van der Waals surface area contributed by atoms with Gasteiger partial charge in [0.15, 0.2) is 23.3 Å². The van der Waals surface area contributed by atoms with Gasteiger partial charge in [-0.15, -0.1) is 0 Å². The van der Waals surface area contributed by atoms with Crippen LogP contribution in [0.5, 0.6) is 0 Å². The molecule has 0 unspecified atom stereocenters. The van der Waals surface area contributed by atoms with Crippen molar-refractivity contribution in [2.24, 2.45) is 0 Å². The van der Waals surface area contributed by atoms with Gasteiger partial charge in [0, 0.05) is 38.6 Å². The molecule has 0 aliphatic heterocycles. The molecule has 6 nitrogen and oxygen atoms in total. The maximum atomic E-state index is 5.24. The number of hydrogen-bond donors (Lipinski definition) is 0. The maximum Gasteiger partial charge on any atom is 0.164 e. The van der Waals surface area contributed by atoms with E-state index in [0.29, 0.717) is 23.3 Å². The fraction of sp³-hybridized carbons (Fsp3) is 0. The summed E-state index contributed by atoms with van der Waals surface area (Å²) < 4.78 is 2.20. The Balaban J connectivity index is 1.21. The van der Waals surface area contributed by atoms with Crippen LogP contribution in [0.1, 0.15) is 0 Å². The summed E-state index contributed by atoms with van der Waals surface area (Å²) in [5.41, 5.74) is 7.70. The van der Waals surface area contributed by atoms with Gasteiger partial charge in [-0.2, -0.15) is 0 Å². The van der Waals surface area contributed by atoms with Crippen LogP contribution in [0.3, 0.4) is 0 Å². The predicted molar refractivity (Wildman–Crippen MR) is 196 cm³/mol. The molecule has 0 amide bonds. The largest absolute Gasteiger partial charge is 0.277 e. The molecule has 0 spiro atoms. The van der Waals surface area contributed by atoms with Crippen molar-refractivity contribution in [1.29, 1.82) is 0 Å². The molecule has 0 radical (unpaired) electrons. The molecule has 230 valence electrons. The summed E-state index contributed by atoms with van der Waals surface area (Å²) in [6, 6.07) is 57.4. The van der Waals surface area contributed by atoms with E-state index < -0.39 is 0 Å². The van der Waals surface area contributed by atoms with E-state index in [9.17, 15) is 0 Å². The minimum absolute atomic E-state index is 0.602. The predicted octanol–water partition coefficient (Wildman–Crippen LogP) is 10.1. The van der Waals surface area contributed by atoms with Crippen LogP contribution in [-0.4, -0.2) is 29.3 Å². The Kier molecular flexibility index (Phi) is 7.02. The van der Waals surface area contributed by atoms with Gasteiger partial charge >= 0.3 is 0 Å². The molecule has 0 fully saturated rings. The lowest BCUT2D eigenvalue weighted by Crippen LogP contribution is -2.03. The molecule has 0 aliphatic carbocycles. The zero-order valence-corrected chi connectivity index (χ0v) is 26.3. The monoisotopic (exact) mass is 628 g/mol. The Hall–Kier alpha value is -6.79. The molecule has 0 N–H and O–H groups in total. The van der Waals surface area contributed by atoms with Gasteiger partial charge in [-0.05, 0) is 5.56 Å². The molecular weight excluding hydrogens is 601 g/mol. The molecule has 9 aromatic rings. The van der Waals surface area contributed by atoms with E-state index in [1.54, 1.807) is 0 Å². The Morgan fingerprint density at radius 1 is 0.286 bits per heavy atom. The van der Waals surface area contributed by atoms with Gasteiger partial charge in [0.05, 0.1) is 5.69 Å². The normalized spacial score (nSPS) is 11.3. The van der Waals surface area contributed by atoms with Crippen molar-refractivity contribution >= 4 is 16.4 Å². The topological polar surface area (TPSA) is 68.9 Å². The molecule has 0 atom stereocenters. The maximum absolute atomic E-state index is 5.24. The van der Waals surface area contributed by atoms with Crippen molar-refractivity contribution < 1.29 is 0 Å². The molecular formula is C43H28N6. The SMILES string of the molecule is c1ccc(-c2nc(-c3ccccc3)nc(-c3ccc(-c4nc(-c5ccccc5)n5c(-c6ccccc6)c6ccccc6c5n4)cc3)n2)cc1. The number of fused-ring (bicyclic) bond motifs is 3. The van der Waals surface area contributed by atoms with E-state index in [1.807, 2.05) is 109 Å². The minimum Gasteiger partial charge on any atom is -0.277 e. The molecule has 49 heavy (non-hydrogen) atoms. The van der Waals surface area contributed by atoms with Crippen LogP contribution < -0.4 is 0 Å². The van der Waals surface area contributed by atoms with E-state index in [0.717, 1.165) is 61.3 Å². The number of rotatable bonds is 6. The van der Waals surface area contributed by atoms with Crippen molar-refractivity contribution in [3.05, 3.63) is 170 Å². The Morgan fingerprint density at radius 3 is 1.14 bits per heavy atom. The standard InChI is InChI=1S/C43H28N6/c1-5-15-29(16-6-1)37-35-23-13-14-24-36(35)43-48-41(47-42(49(37)43)34-21-11-4-12-22-34)33-27-25-32(26-28-33)40-45-38(30-17-7-2-8-18-30)44-39(46-40)31-19-9-3-10-20-31/h1-28H. The van der Waals surface area contributed by atoms with Crippen molar-refractivity contribution in [3.63, 3.8) is 0 Å². The average Bonchev–Trinajstić information content (AvgIpc) is 3.53. The number of benzene rings is 6. The van der Waals surface area contributed by atoms with Gasteiger partial charge in [-0.25, -0.2) is 24.9 Å². The number of hydrogen-bond acceptors (Lipinski definition) is 5. The van der Waals surface area contributed by atoms with Crippen LogP contribution in [0, 0.1) is 0 Å². The van der Waals surface area contributed by atoms with Gasteiger partial charge in [0.25, 0.3) is 0 Å². The molecule has 0 saturated carbocycles. The lowest BCUT2D eigenvalue weighted by atomic mass is 10.1. The highest BCUT2D eigenvalue weighted by molar-refractivity contribution is 6.06. The highest BCUT2D eigenvalue weighted by Gasteiger charge is 2.21. The van der Waals surface area contributed by atoms with Gasteiger partial charge in [0.1, 0.15) is 11.5 Å². The Labute approximate surface area is 283 Å². The van der Waals surface area contributed by atoms with E-state index in [1.165, 1.54) is 0 Å². The summed E-state index contributed by atoms with van der Waals surface area (Å²) in [5, 5.41) is 2.21. The molecule has 0 saturated heterocycles. The van der Waals surface area contributed by atoms with Crippen LogP contribution in [0.4, 0.5) is 0 Å². The van der Waals surface area contributed by atoms with E-state index in [-0.39, 0.29) is 0 Å². The smallest absolute Gasteiger partial charge is 0.164 e. The first-order valence-corrected chi connectivity index (χ1v) is 16.2. The molecule has 0 bridgehead atoms. The number of nitrogens with zero attached hydrogens (tertiary/aromatic N) is 6. The molecule has 6 heteroatoms. The fourth-order valence-corrected chi connectivity index (χ4v) is 6.32. The molecule has 0 aliphatic rings. The quantitative estimate of drug-likeness (QED) is 0.183. The molecule has 6 aromatic carbocycles. The second kappa shape index (κ2) is 12.1. The minimum atomic E-state index is 0.602. The van der Waals surface area contributed by atoms with Crippen LogP contribution in [0.25, 0.3) is 84.6 Å². The average molecular weight is 629 g/mol. The van der Waals surface area contributed by atoms with Crippen LogP contribution in [0.15, 0.2) is 170 Å². The molecule has 3 heterocycles. The summed E-state index contributed by atoms with van der Waals surface area (Å²) >= 11 is 0. The van der Waals surface area contributed by atoms with Crippen molar-refractivity contribution in [1.82, 2.24) is 29.3 Å². The molecule has 9 rings (SSSR count). The van der Waals surface area contributed by atoms with E-state index in [4.69, 9.17) is 24.9 Å². The zero-order valence-electron chi connectivity index (χ0n) is 26.3. The lowest BCUT2D eigenvalue weighted by molar-refractivity contribution is 1.05. The Bertz CT molecular complexity index is 2510. The number of aromatic nitrogens is 6. The van der Waals surface area contributed by atoms with Gasteiger partial charge in [-0.1, -0.05) is 170 Å². The summed E-state index contributed by atoms with van der Waals surface area (Å²) in [7, 11) is 0. The second-order valence-corrected chi connectivity index (χ2v) is 11.8. The van der Waals surface area contributed by atoms with Crippen LogP contribution in [0.2, 0.25) is 0 Å². The van der Waals surface area contributed by atoms with Crippen molar-refractivity contribution in [2.45, 2.75) is 0 Å². The van der Waals surface area contributed by atoms with Crippen LogP contribution >= 0.6 is 0 Å². The fourth-order valence-electron chi connectivity index (χ4n) is 6.32. The summed E-state index contributed by atoms with van der Waals surface area (Å²) in [5.74, 6) is 3.34. The van der Waals surface area contributed by atoms with Gasteiger partial charge < -0.3 is 0 Å². The second-order valence-electron chi connectivity index (χ2n) is 11.8. The van der Waals surface area contributed by atoms with Crippen molar-refractivity contribution in [3.8, 4) is 68.2 Å². The Morgan fingerprint density at radius 2 is 0.653 bits per heavy atom. The first-order chi connectivity index (χ1) is 24.3. The van der Waals surface area contributed by atoms with Crippen LogP contribution in [-0.2, 0) is 0 Å². The molecule has 3 aromatic heterocycles. The lowest BCUT2D eigenvalue weighted by Gasteiger charge is -2.12. The van der Waals surface area contributed by atoms with Gasteiger partial charge in [0.2, 0.25) is 0 Å². The van der Waals surface area contributed by atoms with E-state index in [2.05, 4.69) is 65.1 Å². The first-order valence-electron chi connectivity index (χ1n) is 16.2. The highest BCUT2D eigenvalue weighted by atomic mass is 15.1. The third-order valence-corrected chi connectivity index (χ3v) is 8.67. The third kappa shape index (κ3) is 5.22.